The monoisotopic (exact) mass is 279 g/mol. The summed E-state index contributed by atoms with van der Waals surface area (Å²) in [6.45, 7) is 3.90. The van der Waals surface area contributed by atoms with Gasteiger partial charge in [0.1, 0.15) is 10.8 Å². The Morgan fingerprint density at radius 1 is 1.21 bits per heavy atom. The molecule has 1 saturated carbocycles. The fourth-order valence-electron chi connectivity index (χ4n) is 2.79. The second-order valence-corrected chi connectivity index (χ2v) is 5.69. The van der Waals surface area contributed by atoms with Crippen molar-refractivity contribution in [2.24, 2.45) is 5.73 Å². The normalized spacial score (nSPS) is 20.6. The van der Waals surface area contributed by atoms with E-state index in [-0.39, 0.29) is 10.8 Å². The van der Waals surface area contributed by atoms with Crippen molar-refractivity contribution in [2.75, 3.05) is 31.1 Å². The molecule has 0 unspecified atom stereocenters. The minimum Gasteiger partial charge on any atom is -0.389 e. The van der Waals surface area contributed by atoms with Gasteiger partial charge in [-0.1, -0.05) is 18.3 Å². The zero-order valence-electron chi connectivity index (χ0n) is 10.8. The number of hydrogen-bond donors (Lipinski definition) is 1. The summed E-state index contributed by atoms with van der Waals surface area (Å²) < 4.78 is 13.9. The highest BCUT2D eigenvalue weighted by molar-refractivity contribution is 7.80. The Bertz CT molecular complexity index is 493. The third kappa shape index (κ3) is 2.58. The molecule has 102 valence electrons. The van der Waals surface area contributed by atoms with E-state index in [0.29, 0.717) is 5.56 Å². The van der Waals surface area contributed by atoms with Crippen LogP contribution in [-0.2, 0) is 0 Å². The van der Waals surface area contributed by atoms with Gasteiger partial charge in [-0.2, -0.15) is 0 Å². The van der Waals surface area contributed by atoms with Crippen LogP contribution >= 0.6 is 12.2 Å². The molecule has 19 heavy (non-hydrogen) atoms. The van der Waals surface area contributed by atoms with Gasteiger partial charge >= 0.3 is 0 Å². The number of nitrogens with zero attached hydrogens (tertiary/aromatic N) is 2. The molecule has 5 heteroatoms. The highest BCUT2D eigenvalue weighted by atomic mass is 32.1. The van der Waals surface area contributed by atoms with Crippen molar-refractivity contribution >= 4 is 22.9 Å². The third-order valence-corrected chi connectivity index (χ3v) is 4.16. The molecule has 1 aliphatic heterocycles. The van der Waals surface area contributed by atoms with Crippen LogP contribution in [0.3, 0.4) is 0 Å². The molecule has 1 aliphatic carbocycles. The maximum Gasteiger partial charge on any atom is 0.135 e. The molecule has 2 N–H and O–H groups in total. The average molecular weight is 279 g/mol. The highest BCUT2D eigenvalue weighted by Gasteiger charge is 2.31. The molecule has 0 amide bonds. The highest BCUT2D eigenvalue weighted by Crippen LogP contribution is 2.30. The maximum absolute atomic E-state index is 13.9. The lowest BCUT2D eigenvalue weighted by molar-refractivity contribution is 0.248. The number of thiocarbonyl (C=S) groups is 1. The van der Waals surface area contributed by atoms with Crippen molar-refractivity contribution < 1.29 is 4.39 Å². The van der Waals surface area contributed by atoms with Crippen LogP contribution in [0.2, 0.25) is 0 Å². The van der Waals surface area contributed by atoms with E-state index in [1.165, 1.54) is 18.9 Å². The summed E-state index contributed by atoms with van der Waals surface area (Å²) in [6, 6.07) is 5.84. The van der Waals surface area contributed by atoms with Gasteiger partial charge in [0.05, 0.1) is 5.56 Å². The maximum atomic E-state index is 13.9. The smallest absolute Gasteiger partial charge is 0.135 e. The van der Waals surface area contributed by atoms with Gasteiger partial charge in [-0.05, 0) is 25.0 Å². The lowest BCUT2D eigenvalue weighted by Gasteiger charge is -2.37. The third-order valence-electron chi connectivity index (χ3n) is 3.96. The number of rotatable bonds is 3. The molecule has 0 spiro atoms. The lowest BCUT2D eigenvalue weighted by atomic mass is 10.1. The van der Waals surface area contributed by atoms with Gasteiger partial charge in [-0.3, -0.25) is 4.90 Å². The summed E-state index contributed by atoms with van der Waals surface area (Å²) in [6.07, 6.45) is 2.66. The minimum atomic E-state index is -0.324. The number of nitrogens with two attached hydrogens (primary N) is 1. The molecular weight excluding hydrogens is 261 g/mol. The van der Waals surface area contributed by atoms with Crippen LogP contribution in [0, 0.1) is 5.82 Å². The molecule has 1 aromatic rings. The first kappa shape index (κ1) is 12.8. The second kappa shape index (κ2) is 5.06. The van der Waals surface area contributed by atoms with E-state index in [0.717, 1.165) is 37.9 Å². The van der Waals surface area contributed by atoms with E-state index in [2.05, 4.69) is 9.80 Å². The predicted octanol–water partition coefficient (Wildman–Crippen LogP) is 1.74. The molecule has 2 aliphatic rings. The van der Waals surface area contributed by atoms with Crippen LogP contribution in [0.25, 0.3) is 0 Å². The number of benzene rings is 1. The molecule has 0 radical (unpaired) electrons. The number of anilines is 1. The van der Waals surface area contributed by atoms with Gasteiger partial charge in [-0.25, -0.2) is 4.39 Å². The first-order valence-electron chi connectivity index (χ1n) is 6.74. The molecule has 1 saturated heterocycles. The zero-order chi connectivity index (χ0) is 13.4. The van der Waals surface area contributed by atoms with Crippen molar-refractivity contribution in [2.45, 2.75) is 18.9 Å². The quantitative estimate of drug-likeness (QED) is 0.854. The Morgan fingerprint density at radius 3 is 2.47 bits per heavy atom. The van der Waals surface area contributed by atoms with Gasteiger partial charge < -0.3 is 10.6 Å². The first-order valence-corrected chi connectivity index (χ1v) is 7.15. The fraction of sp³-hybridized carbons (Fsp3) is 0.500. The summed E-state index contributed by atoms with van der Waals surface area (Å²) in [7, 11) is 0. The van der Waals surface area contributed by atoms with Crippen molar-refractivity contribution in [3.63, 3.8) is 0 Å². The van der Waals surface area contributed by atoms with Crippen LogP contribution in [-0.4, -0.2) is 42.1 Å². The largest absolute Gasteiger partial charge is 0.389 e. The Kier molecular flexibility index (Phi) is 3.41. The molecule has 2 fully saturated rings. The Balaban J connectivity index is 1.79. The van der Waals surface area contributed by atoms with E-state index in [9.17, 15) is 4.39 Å². The van der Waals surface area contributed by atoms with Crippen LogP contribution in [0.15, 0.2) is 18.2 Å². The second-order valence-electron chi connectivity index (χ2n) is 5.25. The van der Waals surface area contributed by atoms with E-state index < -0.39 is 0 Å². The summed E-state index contributed by atoms with van der Waals surface area (Å²) in [5.74, 6) is -0.324. The fourth-order valence-corrected chi connectivity index (χ4v) is 2.99. The summed E-state index contributed by atoms with van der Waals surface area (Å²) in [5, 5.41) is 0. The molecule has 0 aromatic heterocycles. The van der Waals surface area contributed by atoms with Crippen LogP contribution < -0.4 is 10.6 Å². The molecular formula is C14H18FN3S. The molecule has 3 rings (SSSR count). The van der Waals surface area contributed by atoms with Gasteiger partial charge in [0.25, 0.3) is 0 Å². The van der Waals surface area contributed by atoms with Gasteiger partial charge in [0.2, 0.25) is 0 Å². The van der Waals surface area contributed by atoms with E-state index in [4.69, 9.17) is 18.0 Å². The van der Waals surface area contributed by atoms with Gasteiger partial charge in [0, 0.05) is 37.9 Å². The summed E-state index contributed by atoms with van der Waals surface area (Å²) in [5.41, 5.74) is 6.88. The number of halogens is 1. The predicted molar refractivity (Wildman–Crippen MR) is 79.1 cm³/mol. The van der Waals surface area contributed by atoms with Crippen LogP contribution in [0.1, 0.15) is 18.4 Å². The topological polar surface area (TPSA) is 32.5 Å². The minimum absolute atomic E-state index is 0.137. The molecule has 0 bridgehead atoms. The van der Waals surface area contributed by atoms with Crippen molar-refractivity contribution in [1.82, 2.24) is 4.90 Å². The van der Waals surface area contributed by atoms with E-state index >= 15 is 0 Å². The molecule has 3 nitrogen and oxygen atoms in total. The lowest BCUT2D eigenvalue weighted by Crippen LogP contribution is -2.47. The molecule has 0 atom stereocenters. The van der Waals surface area contributed by atoms with E-state index in [1.807, 2.05) is 6.07 Å². The zero-order valence-corrected chi connectivity index (χ0v) is 11.6. The standard InChI is InChI=1S/C14H18FN3S/c15-11-2-1-3-12(13(11)14(16)19)18-8-6-17(7-9-18)10-4-5-10/h1-3,10H,4-9H2,(H2,16,19). The molecule has 1 aromatic carbocycles. The van der Waals surface area contributed by atoms with Crippen molar-refractivity contribution in [3.05, 3.63) is 29.6 Å². The molecule has 1 heterocycles. The Labute approximate surface area is 118 Å². The first-order chi connectivity index (χ1) is 9.16. The van der Waals surface area contributed by atoms with Crippen molar-refractivity contribution in [3.8, 4) is 0 Å². The Hall–Kier alpha value is -1.20. The average Bonchev–Trinajstić information content (AvgIpc) is 3.22. The summed E-state index contributed by atoms with van der Waals surface area (Å²) in [4.78, 5) is 4.85. The van der Waals surface area contributed by atoms with E-state index in [1.54, 1.807) is 6.07 Å². The van der Waals surface area contributed by atoms with Crippen LogP contribution in [0.5, 0.6) is 0 Å². The van der Waals surface area contributed by atoms with Crippen LogP contribution in [0.4, 0.5) is 10.1 Å². The van der Waals surface area contributed by atoms with Gasteiger partial charge in [-0.15, -0.1) is 0 Å². The van der Waals surface area contributed by atoms with Crippen molar-refractivity contribution in [1.29, 1.82) is 0 Å². The Morgan fingerprint density at radius 2 is 1.89 bits per heavy atom. The van der Waals surface area contributed by atoms with Gasteiger partial charge in [0.15, 0.2) is 0 Å². The summed E-state index contributed by atoms with van der Waals surface area (Å²) >= 11 is 4.98. The number of piperazine rings is 1. The SMILES string of the molecule is NC(=S)c1c(F)cccc1N1CCN(C2CC2)CC1. The number of hydrogen-bond acceptors (Lipinski definition) is 3.